The van der Waals surface area contributed by atoms with Crippen LogP contribution in [-0.4, -0.2) is 51.1 Å². The quantitative estimate of drug-likeness (QED) is 0.660. The van der Waals surface area contributed by atoms with Crippen molar-refractivity contribution < 1.29 is 19.2 Å². The van der Waals surface area contributed by atoms with Gasteiger partial charge in [-0.2, -0.15) is 0 Å². The fraction of sp³-hybridized carbons (Fsp3) is 0.280. The number of benzene rings is 3. The molecule has 158 valence electrons. The molecule has 0 aromatic heterocycles. The molecule has 2 amide bonds. The van der Waals surface area contributed by atoms with Gasteiger partial charge in [0.05, 0.1) is 45.4 Å². The molecule has 6 heteroatoms. The van der Waals surface area contributed by atoms with Crippen molar-refractivity contribution in [3.63, 3.8) is 0 Å². The lowest BCUT2D eigenvalue weighted by Crippen LogP contribution is -3.19. The number of carbonyl (C=O) groups excluding carboxylic acids is 2. The van der Waals surface area contributed by atoms with Crippen molar-refractivity contribution in [1.29, 1.82) is 0 Å². The summed E-state index contributed by atoms with van der Waals surface area (Å²) in [7, 11) is 1.67. The van der Waals surface area contributed by atoms with Crippen molar-refractivity contribution in [3.8, 4) is 5.75 Å². The summed E-state index contributed by atoms with van der Waals surface area (Å²) in [5.41, 5.74) is 1.86. The SMILES string of the molecule is COc1ccc(N2CC[NH+]([C@H]3CC(=O)N(c4cccc5ccccc45)C3=O)CC2)cc1. The number of quaternary nitrogens is 1. The number of methoxy groups -OCH3 is 1. The first-order valence-electron chi connectivity index (χ1n) is 10.7. The number of carbonyl (C=O) groups is 2. The third-order valence-electron chi connectivity index (χ3n) is 6.49. The predicted octanol–water partition coefficient (Wildman–Crippen LogP) is 1.89. The lowest BCUT2D eigenvalue weighted by Gasteiger charge is -2.35. The lowest BCUT2D eigenvalue weighted by atomic mass is 10.1. The number of ether oxygens (including phenoxy) is 1. The van der Waals surface area contributed by atoms with Crippen LogP contribution < -0.4 is 19.4 Å². The van der Waals surface area contributed by atoms with Gasteiger partial charge in [-0.1, -0.05) is 36.4 Å². The van der Waals surface area contributed by atoms with E-state index < -0.39 is 0 Å². The first-order chi connectivity index (χ1) is 15.2. The van der Waals surface area contributed by atoms with E-state index in [0.29, 0.717) is 5.69 Å². The van der Waals surface area contributed by atoms with E-state index in [4.69, 9.17) is 4.74 Å². The highest BCUT2D eigenvalue weighted by Crippen LogP contribution is 2.30. The second-order valence-electron chi connectivity index (χ2n) is 8.17. The molecule has 0 saturated carbocycles. The number of piperazine rings is 1. The van der Waals surface area contributed by atoms with E-state index in [-0.39, 0.29) is 24.3 Å². The Kier molecular flexibility index (Phi) is 5.08. The van der Waals surface area contributed by atoms with E-state index in [1.807, 2.05) is 54.6 Å². The summed E-state index contributed by atoms with van der Waals surface area (Å²) in [5.74, 6) is 0.669. The molecule has 0 spiro atoms. The number of rotatable bonds is 4. The van der Waals surface area contributed by atoms with Crippen LogP contribution in [0.15, 0.2) is 66.7 Å². The highest BCUT2D eigenvalue weighted by atomic mass is 16.5. The van der Waals surface area contributed by atoms with Crippen molar-refractivity contribution in [2.24, 2.45) is 0 Å². The van der Waals surface area contributed by atoms with Gasteiger partial charge in [-0.15, -0.1) is 0 Å². The summed E-state index contributed by atoms with van der Waals surface area (Å²) in [6, 6.07) is 21.4. The van der Waals surface area contributed by atoms with Gasteiger partial charge in [0.1, 0.15) is 5.75 Å². The second-order valence-corrected chi connectivity index (χ2v) is 8.17. The Balaban J connectivity index is 1.31. The predicted molar refractivity (Wildman–Crippen MR) is 121 cm³/mol. The number of nitrogens with zero attached hydrogens (tertiary/aromatic N) is 2. The first-order valence-corrected chi connectivity index (χ1v) is 10.7. The van der Waals surface area contributed by atoms with E-state index in [1.54, 1.807) is 7.11 Å². The summed E-state index contributed by atoms with van der Waals surface area (Å²) >= 11 is 0. The molecular formula is C25H26N3O3+. The van der Waals surface area contributed by atoms with Gasteiger partial charge in [-0.05, 0) is 35.7 Å². The average Bonchev–Trinajstić information content (AvgIpc) is 3.12. The molecule has 2 heterocycles. The van der Waals surface area contributed by atoms with Gasteiger partial charge in [0.2, 0.25) is 5.91 Å². The summed E-state index contributed by atoms with van der Waals surface area (Å²) in [6.45, 7) is 3.37. The smallest absolute Gasteiger partial charge is 0.292 e. The molecule has 0 unspecified atom stereocenters. The highest BCUT2D eigenvalue weighted by Gasteiger charge is 2.46. The Morgan fingerprint density at radius 3 is 2.35 bits per heavy atom. The molecular weight excluding hydrogens is 390 g/mol. The van der Waals surface area contributed by atoms with Gasteiger partial charge < -0.3 is 14.5 Å². The van der Waals surface area contributed by atoms with Crippen molar-refractivity contribution >= 4 is 34.0 Å². The largest absolute Gasteiger partial charge is 0.497 e. The van der Waals surface area contributed by atoms with Gasteiger partial charge in [0.25, 0.3) is 5.91 Å². The van der Waals surface area contributed by atoms with Crippen LogP contribution in [0.5, 0.6) is 5.75 Å². The van der Waals surface area contributed by atoms with Crippen molar-refractivity contribution in [3.05, 3.63) is 66.7 Å². The van der Waals surface area contributed by atoms with Crippen LogP contribution in [0, 0.1) is 0 Å². The zero-order valence-corrected chi connectivity index (χ0v) is 17.6. The molecule has 2 aliphatic rings. The minimum atomic E-state index is -0.301. The van der Waals surface area contributed by atoms with Gasteiger partial charge in [-0.25, -0.2) is 4.90 Å². The van der Waals surface area contributed by atoms with Gasteiger partial charge in [-0.3, -0.25) is 9.59 Å². The molecule has 0 radical (unpaired) electrons. The topological polar surface area (TPSA) is 54.3 Å². The molecule has 0 aliphatic carbocycles. The Labute approximate surface area is 181 Å². The molecule has 0 bridgehead atoms. The van der Waals surface area contributed by atoms with E-state index in [9.17, 15) is 9.59 Å². The minimum absolute atomic E-state index is 0.0748. The fourth-order valence-electron chi connectivity index (χ4n) is 4.80. The Morgan fingerprint density at radius 2 is 1.61 bits per heavy atom. The van der Waals surface area contributed by atoms with E-state index in [0.717, 1.165) is 48.4 Å². The third-order valence-corrected chi connectivity index (χ3v) is 6.49. The number of imide groups is 1. The molecule has 1 atom stereocenters. The van der Waals surface area contributed by atoms with Gasteiger partial charge in [0, 0.05) is 11.1 Å². The van der Waals surface area contributed by atoms with Crippen LogP contribution in [0.1, 0.15) is 6.42 Å². The van der Waals surface area contributed by atoms with Crippen LogP contribution in [0.25, 0.3) is 10.8 Å². The maximum atomic E-state index is 13.3. The Hall–Kier alpha value is -3.38. The zero-order valence-electron chi connectivity index (χ0n) is 17.6. The number of fused-ring (bicyclic) bond motifs is 1. The fourth-order valence-corrected chi connectivity index (χ4v) is 4.80. The van der Waals surface area contributed by atoms with Crippen molar-refractivity contribution in [2.45, 2.75) is 12.5 Å². The number of nitrogens with one attached hydrogen (secondary N) is 1. The van der Waals surface area contributed by atoms with E-state index >= 15 is 0 Å². The lowest BCUT2D eigenvalue weighted by molar-refractivity contribution is -0.915. The Bertz CT molecular complexity index is 1120. The van der Waals surface area contributed by atoms with Gasteiger partial charge in [0.15, 0.2) is 6.04 Å². The summed E-state index contributed by atoms with van der Waals surface area (Å²) in [4.78, 5) is 31.2. The van der Waals surface area contributed by atoms with Crippen molar-refractivity contribution in [1.82, 2.24) is 0 Å². The molecule has 3 aromatic carbocycles. The van der Waals surface area contributed by atoms with E-state index in [2.05, 4.69) is 17.0 Å². The van der Waals surface area contributed by atoms with E-state index in [1.165, 1.54) is 9.80 Å². The number of hydrogen-bond acceptors (Lipinski definition) is 4. The molecule has 5 rings (SSSR count). The second kappa shape index (κ2) is 8.04. The van der Waals surface area contributed by atoms with Crippen LogP contribution >= 0.6 is 0 Å². The summed E-state index contributed by atoms with van der Waals surface area (Å²) in [5, 5.41) is 1.97. The van der Waals surface area contributed by atoms with Crippen LogP contribution in [0.2, 0.25) is 0 Å². The van der Waals surface area contributed by atoms with Gasteiger partial charge >= 0.3 is 0 Å². The number of hydrogen-bond donors (Lipinski definition) is 1. The average molecular weight is 417 g/mol. The standard InChI is InChI=1S/C25H25N3O3/c1-31-20-11-9-19(10-12-20)26-13-15-27(16-14-26)23-17-24(29)28(25(23)30)22-8-4-6-18-5-2-3-7-21(18)22/h2-12,23H,13-17H2,1H3/p+1/t23-/m0/s1. The number of anilines is 2. The van der Waals surface area contributed by atoms with Crippen LogP contribution in [0.3, 0.4) is 0 Å². The molecule has 6 nitrogen and oxygen atoms in total. The summed E-state index contributed by atoms with van der Waals surface area (Å²) < 4.78 is 5.24. The minimum Gasteiger partial charge on any atom is -0.497 e. The normalized spacial score (nSPS) is 20.0. The number of amides is 2. The molecule has 2 saturated heterocycles. The monoisotopic (exact) mass is 416 g/mol. The maximum absolute atomic E-state index is 13.3. The third kappa shape index (κ3) is 3.53. The highest BCUT2D eigenvalue weighted by molar-refractivity contribution is 6.24. The molecule has 3 aromatic rings. The Morgan fingerprint density at radius 1 is 0.903 bits per heavy atom. The molecule has 2 aliphatic heterocycles. The maximum Gasteiger partial charge on any atom is 0.292 e. The molecule has 1 N–H and O–H groups in total. The zero-order chi connectivity index (χ0) is 21.4. The van der Waals surface area contributed by atoms with Crippen LogP contribution in [-0.2, 0) is 9.59 Å². The van der Waals surface area contributed by atoms with Crippen molar-refractivity contribution in [2.75, 3.05) is 43.1 Å². The molecule has 2 fully saturated rings. The van der Waals surface area contributed by atoms with Crippen LogP contribution in [0.4, 0.5) is 11.4 Å². The molecule has 31 heavy (non-hydrogen) atoms. The first kappa shape index (κ1) is 19.6. The summed E-state index contributed by atoms with van der Waals surface area (Å²) in [6.07, 6.45) is 0.278.